The van der Waals surface area contributed by atoms with Crippen LogP contribution in [0.4, 0.5) is 5.00 Å². The Morgan fingerprint density at radius 2 is 2.14 bits per heavy atom. The summed E-state index contributed by atoms with van der Waals surface area (Å²) >= 11 is 2.97. The van der Waals surface area contributed by atoms with Crippen molar-refractivity contribution >= 4 is 34.0 Å². The van der Waals surface area contributed by atoms with Gasteiger partial charge >= 0.3 is 0 Å². The number of anilines is 1. The van der Waals surface area contributed by atoms with Crippen molar-refractivity contribution in [2.24, 2.45) is 7.05 Å². The highest BCUT2D eigenvalue weighted by atomic mass is 32.2. The third-order valence-corrected chi connectivity index (χ3v) is 5.74. The van der Waals surface area contributed by atoms with Gasteiger partial charge in [-0.25, -0.2) is 4.98 Å². The Hall–Kier alpha value is -1.31. The van der Waals surface area contributed by atoms with Crippen LogP contribution in [0, 0.1) is 20.8 Å². The molecule has 0 aromatic carbocycles. The van der Waals surface area contributed by atoms with Crippen LogP contribution in [0.5, 0.6) is 0 Å². The van der Waals surface area contributed by atoms with Crippen LogP contribution in [0.15, 0.2) is 11.4 Å². The summed E-state index contributed by atoms with van der Waals surface area (Å²) in [6, 6.07) is 0. The fraction of sp³-hybridized carbons (Fsp3) is 0.429. The van der Waals surface area contributed by atoms with E-state index in [2.05, 4.69) is 24.1 Å². The van der Waals surface area contributed by atoms with E-state index in [4.69, 9.17) is 5.11 Å². The topological polar surface area (TPSA) is 67.2 Å². The van der Waals surface area contributed by atoms with Gasteiger partial charge in [-0.05, 0) is 31.9 Å². The lowest BCUT2D eigenvalue weighted by Crippen LogP contribution is -2.14. The second-order valence-corrected chi connectivity index (χ2v) is 6.99. The van der Waals surface area contributed by atoms with Crippen molar-refractivity contribution in [2.45, 2.75) is 32.5 Å². The Balaban J connectivity index is 1.96. The number of carbonyl (C=O) groups excluding carboxylic acids is 1. The van der Waals surface area contributed by atoms with Crippen molar-refractivity contribution in [2.75, 3.05) is 11.1 Å². The average molecular weight is 325 g/mol. The van der Waals surface area contributed by atoms with Crippen LogP contribution in [0.1, 0.15) is 21.7 Å². The first-order chi connectivity index (χ1) is 9.93. The molecule has 2 heterocycles. The van der Waals surface area contributed by atoms with E-state index in [1.165, 1.54) is 22.2 Å². The molecule has 0 aliphatic rings. The maximum absolute atomic E-state index is 12.0. The summed E-state index contributed by atoms with van der Waals surface area (Å²) in [6.07, 6.45) is 1.62. The molecule has 21 heavy (non-hydrogen) atoms. The van der Waals surface area contributed by atoms with Crippen LogP contribution in [0.2, 0.25) is 0 Å². The number of aryl methyl sites for hydroxylation is 1. The van der Waals surface area contributed by atoms with Crippen LogP contribution in [0.25, 0.3) is 0 Å². The second kappa shape index (κ2) is 6.64. The minimum absolute atomic E-state index is 0.0436. The number of nitrogens with zero attached hydrogens (tertiary/aromatic N) is 2. The lowest BCUT2D eigenvalue weighted by Gasteiger charge is -2.05. The maximum Gasteiger partial charge on any atom is 0.235 e. The average Bonchev–Trinajstić information content (AvgIpc) is 2.92. The largest absolute Gasteiger partial charge is 0.390 e. The molecule has 5 nitrogen and oxygen atoms in total. The van der Waals surface area contributed by atoms with Crippen molar-refractivity contribution in [1.29, 1.82) is 0 Å². The van der Waals surface area contributed by atoms with Crippen LogP contribution < -0.4 is 5.32 Å². The number of aliphatic hydroxyl groups excluding tert-OH is 1. The van der Waals surface area contributed by atoms with Gasteiger partial charge in [0.2, 0.25) is 5.91 Å². The summed E-state index contributed by atoms with van der Waals surface area (Å²) in [5.41, 5.74) is 3.10. The Bertz CT molecular complexity index is 661. The van der Waals surface area contributed by atoms with Gasteiger partial charge in [0, 0.05) is 11.9 Å². The molecule has 7 heteroatoms. The Labute approximate surface area is 132 Å². The van der Waals surface area contributed by atoms with Gasteiger partial charge in [0.25, 0.3) is 0 Å². The van der Waals surface area contributed by atoms with E-state index in [-0.39, 0.29) is 12.5 Å². The van der Waals surface area contributed by atoms with Gasteiger partial charge in [-0.3, -0.25) is 4.79 Å². The molecule has 2 N–H and O–H groups in total. The molecule has 0 spiro atoms. The zero-order valence-corrected chi connectivity index (χ0v) is 14.2. The normalized spacial score (nSPS) is 10.9. The molecule has 2 aromatic heterocycles. The molecule has 114 valence electrons. The zero-order valence-electron chi connectivity index (χ0n) is 12.6. The number of aromatic nitrogens is 2. The highest BCUT2D eigenvalue weighted by Gasteiger charge is 2.13. The number of imidazole rings is 1. The predicted octanol–water partition coefficient (Wildman–Crippen LogP) is 2.63. The fourth-order valence-corrected chi connectivity index (χ4v) is 3.71. The molecule has 0 unspecified atom stereocenters. The number of aliphatic hydroxyl groups is 1. The standard InChI is InChI=1S/C14H19N3O2S2/c1-8-9(2)13(21-10(8)3)16-12(19)7-20-14-15-5-11(6-18)17(14)4/h5,18H,6-7H2,1-4H3,(H,16,19). The number of rotatable bonds is 5. The molecule has 2 aromatic rings. The van der Waals surface area contributed by atoms with E-state index in [1.54, 1.807) is 22.1 Å². The summed E-state index contributed by atoms with van der Waals surface area (Å²) in [5, 5.41) is 13.7. The van der Waals surface area contributed by atoms with E-state index >= 15 is 0 Å². The van der Waals surface area contributed by atoms with Crippen molar-refractivity contribution < 1.29 is 9.90 Å². The van der Waals surface area contributed by atoms with Crippen molar-refractivity contribution in [3.05, 3.63) is 27.9 Å². The van der Waals surface area contributed by atoms with E-state index in [0.29, 0.717) is 5.75 Å². The highest BCUT2D eigenvalue weighted by Crippen LogP contribution is 2.31. The number of hydrogen-bond donors (Lipinski definition) is 2. The van der Waals surface area contributed by atoms with Gasteiger partial charge in [0.05, 0.1) is 29.3 Å². The number of hydrogen-bond acceptors (Lipinski definition) is 5. The molecule has 1 amide bonds. The van der Waals surface area contributed by atoms with Crippen LogP contribution in [-0.2, 0) is 18.4 Å². The summed E-state index contributed by atoms with van der Waals surface area (Å²) in [4.78, 5) is 17.5. The number of thiophene rings is 1. The van der Waals surface area contributed by atoms with E-state index in [9.17, 15) is 4.79 Å². The smallest absolute Gasteiger partial charge is 0.235 e. The van der Waals surface area contributed by atoms with Gasteiger partial charge in [-0.1, -0.05) is 11.8 Å². The molecule has 0 aliphatic heterocycles. The first kappa shape index (κ1) is 16.1. The lowest BCUT2D eigenvalue weighted by molar-refractivity contribution is -0.113. The summed E-state index contributed by atoms with van der Waals surface area (Å²) in [7, 11) is 1.83. The third-order valence-electron chi connectivity index (χ3n) is 3.48. The quantitative estimate of drug-likeness (QED) is 0.829. The van der Waals surface area contributed by atoms with Gasteiger partial charge in [0.15, 0.2) is 5.16 Å². The molecular weight excluding hydrogens is 306 g/mol. The van der Waals surface area contributed by atoms with Crippen LogP contribution >= 0.6 is 23.1 Å². The second-order valence-electron chi connectivity index (χ2n) is 4.82. The lowest BCUT2D eigenvalue weighted by atomic mass is 10.2. The first-order valence-electron chi connectivity index (χ1n) is 6.54. The van der Waals surface area contributed by atoms with Crippen molar-refractivity contribution in [3.63, 3.8) is 0 Å². The number of nitrogens with one attached hydrogen (secondary N) is 1. The predicted molar refractivity (Wildman–Crippen MR) is 87.0 cm³/mol. The van der Waals surface area contributed by atoms with Gasteiger partial charge < -0.3 is 15.0 Å². The Kier molecular flexibility index (Phi) is 5.08. The number of amides is 1. The number of thioether (sulfide) groups is 1. The molecular formula is C14H19N3O2S2. The van der Waals surface area contributed by atoms with Gasteiger partial charge in [-0.2, -0.15) is 0 Å². The third kappa shape index (κ3) is 3.48. The highest BCUT2D eigenvalue weighted by molar-refractivity contribution is 7.99. The summed E-state index contributed by atoms with van der Waals surface area (Å²) < 4.78 is 1.79. The van der Waals surface area contributed by atoms with E-state index in [1.807, 2.05) is 14.0 Å². The molecule has 0 fully saturated rings. The van der Waals surface area contributed by atoms with Crippen molar-refractivity contribution in [1.82, 2.24) is 9.55 Å². The fourth-order valence-electron chi connectivity index (χ4n) is 1.86. The van der Waals surface area contributed by atoms with Crippen LogP contribution in [-0.4, -0.2) is 26.3 Å². The monoisotopic (exact) mass is 325 g/mol. The van der Waals surface area contributed by atoms with E-state index in [0.717, 1.165) is 21.4 Å². The zero-order chi connectivity index (χ0) is 15.6. The van der Waals surface area contributed by atoms with Crippen LogP contribution in [0.3, 0.4) is 0 Å². The SMILES string of the molecule is Cc1sc(NC(=O)CSc2ncc(CO)n2C)c(C)c1C. The minimum Gasteiger partial charge on any atom is -0.390 e. The Morgan fingerprint density at radius 3 is 2.67 bits per heavy atom. The Morgan fingerprint density at radius 1 is 1.43 bits per heavy atom. The summed E-state index contributed by atoms with van der Waals surface area (Å²) in [6.45, 7) is 6.09. The number of carbonyl (C=O) groups is 1. The molecule has 0 atom stereocenters. The van der Waals surface area contributed by atoms with Gasteiger partial charge in [0.1, 0.15) is 0 Å². The molecule has 0 bridgehead atoms. The molecule has 0 saturated heterocycles. The van der Waals surface area contributed by atoms with Crippen molar-refractivity contribution in [3.8, 4) is 0 Å². The minimum atomic E-state index is -0.0524. The summed E-state index contributed by atoms with van der Waals surface area (Å²) in [5.74, 6) is 0.253. The van der Waals surface area contributed by atoms with Gasteiger partial charge in [-0.15, -0.1) is 11.3 Å². The van der Waals surface area contributed by atoms with E-state index < -0.39 is 0 Å². The molecule has 0 saturated carbocycles. The first-order valence-corrected chi connectivity index (χ1v) is 8.35. The maximum atomic E-state index is 12.0. The molecule has 2 rings (SSSR count). The molecule has 0 radical (unpaired) electrons. The molecule has 0 aliphatic carbocycles.